The van der Waals surface area contributed by atoms with E-state index in [4.69, 9.17) is 5.73 Å². The van der Waals surface area contributed by atoms with Gasteiger partial charge in [0.1, 0.15) is 0 Å². The number of hydrogen-bond acceptors (Lipinski definition) is 3. The molecule has 0 aliphatic carbocycles. The average Bonchev–Trinajstić information content (AvgIpc) is 2.76. The second-order valence-corrected chi connectivity index (χ2v) is 4.95. The minimum absolute atomic E-state index is 0.698. The quantitative estimate of drug-likeness (QED) is 0.633. The number of rotatable bonds is 2. The van der Waals surface area contributed by atoms with Gasteiger partial charge < -0.3 is 11.1 Å². The van der Waals surface area contributed by atoms with Gasteiger partial charge in [-0.3, -0.25) is 5.10 Å². The van der Waals surface area contributed by atoms with Gasteiger partial charge >= 0.3 is 0 Å². The summed E-state index contributed by atoms with van der Waals surface area (Å²) < 4.78 is 1.02. The molecular weight excluding hydrogens is 292 g/mol. The molecule has 0 spiro atoms. The van der Waals surface area contributed by atoms with E-state index in [1.54, 1.807) is 6.20 Å². The molecule has 0 atom stereocenters. The summed E-state index contributed by atoms with van der Waals surface area (Å²) in [7, 11) is 0. The zero-order valence-electron chi connectivity index (χ0n) is 9.44. The Labute approximate surface area is 112 Å². The number of aromatic nitrogens is 2. The first-order valence-electron chi connectivity index (χ1n) is 5.47. The Morgan fingerprint density at radius 1 is 1.22 bits per heavy atom. The molecule has 1 aromatic heterocycles. The summed E-state index contributed by atoms with van der Waals surface area (Å²) in [5.74, 6) is 0. The first kappa shape index (κ1) is 11.1. The van der Waals surface area contributed by atoms with E-state index >= 15 is 0 Å². The van der Waals surface area contributed by atoms with Crippen molar-refractivity contribution in [3.63, 3.8) is 0 Å². The van der Waals surface area contributed by atoms with E-state index in [1.807, 2.05) is 36.4 Å². The maximum atomic E-state index is 6.02. The maximum Gasteiger partial charge on any atom is 0.0672 e. The molecule has 0 radical (unpaired) electrons. The Balaban J connectivity index is 2.01. The van der Waals surface area contributed by atoms with E-state index in [9.17, 15) is 0 Å². The molecule has 5 heteroatoms. The smallest absolute Gasteiger partial charge is 0.0672 e. The number of fused-ring (bicyclic) bond motifs is 1. The molecule has 1 heterocycles. The molecule has 0 saturated heterocycles. The monoisotopic (exact) mass is 302 g/mol. The van der Waals surface area contributed by atoms with Crippen molar-refractivity contribution in [2.24, 2.45) is 0 Å². The zero-order chi connectivity index (χ0) is 12.5. The number of anilines is 3. The van der Waals surface area contributed by atoms with Crippen LogP contribution in [0.5, 0.6) is 0 Å². The van der Waals surface area contributed by atoms with E-state index in [1.165, 1.54) is 0 Å². The van der Waals surface area contributed by atoms with E-state index < -0.39 is 0 Å². The summed E-state index contributed by atoms with van der Waals surface area (Å²) in [6.45, 7) is 0. The van der Waals surface area contributed by atoms with Crippen molar-refractivity contribution < 1.29 is 0 Å². The first-order chi connectivity index (χ1) is 8.72. The van der Waals surface area contributed by atoms with Crippen molar-refractivity contribution in [2.45, 2.75) is 0 Å². The highest BCUT2D eigenvalue weighted by Crippen LogP contribution is 2.28. The van der Waals surface area contributed by atoms with Crippen LogP contribution in [0.3, 0.4) is 0 Å². The van der Waals surface area contributed by atoms with E-state index in [-0.39, 0.29) is 0 Å². The van der Waals surface area contributed by atoms with Crippen LogP contribution in [0.4, 0.5) is 17.1 Å². The number of benzene rings is 2. The Morgan fingerprint density at radius 3 is 2.94 bits per heavy atom. The standard InChI is InChI=1S/C13H11BrN4/c14-9-2-1-3-10(5-9)17-13-6-12-8(4-11(13)15)7-16-18-12/h1-7,17H,15H2,(H,16,18). The van der Waals surface area contributed by atoms with Crippen LogP contribution in [0.15, 0.2) is 47.1 Å². The summed E-state index contributed by atoms with van der Waals surface area (Å²) >= 11 is 3.44. The molecular formula is C13H11BrN4. The number of aromatic amines is 1. The van der Waals surface area contributed by atoms with Gasteiger partial charge in [-0.1, -0.05) is 22.0 Å². The Morgan fingerprint density at radius 2 is 2.11 bits per heavy atom. The summed E-state index contributed by atoms with van der Waals surface area (Å²) in [6, 6.07) is 11.8. The predicted molar refractivity (Wildman–Crippen MR) is 77.9 cm³/mol. The number of hydrogen-bond donors (Lipinski definition) is 3. The lowest BCUT2D eigenvalue weighted by molar-refractivity contribution is 1.12. The highest BCUT2D eigenvalue weighted by molar-refractivity contribution is 9.10. The van der Waals surface area contributed by atoms with E-state index in [2.05, 4.69) is 31.4 Å². The number of nitrogens with two attached hydrogens (primary N) is 1. The topological polar surface area (TPSA) is 66.7 Å². The van der Waals surface area contributed by atoms with Crippen molar-refractivity contribution in [2.75, 3.05) is 11.1 Å². The van der Waals surface area contributed by atoms with Gasteiger partial charge in [-0.05, 0) is 30.3 Å². The van der Waals surface area contributed by atoms with Crippen molar-refractivity contribution in [1.29, 1.82) is 0 Å². The number of nitrogens with one attached hydrogen (secondary N) is 2. The second kappa shape index (κ2) is 4.34. The Kier molecular flexibility index (Phi) is 2.68. The van der Waals surface area contributed by atoms with Crippen molar-refractivity contribution in [3.8, 4) is 0 Å². The fourth-order valence-electron chi connectivity index (χ4n) is 1.84. The van der Waals surface area contributed by atoms with Crippen LogP contribution in [0.25, 0.3) is 10.9 Å². The number of nitrogens with zero attached hydrogens (tertiary/aromatic N) is 1. The predicted octanol–water partition coefficient (Wildman–Crippen LogP) is 3.65. The minimum Gasteiger partial charge on any atom is -0.397 e. The molecule has 90 valence electrons. The van der Waals surface area contributed by atoms with Gasteiger partial charge in [0.25, 0.3) is 0 Å². The maximum absolute atomic E-state index is 6.02. The van der Waals surface area contributed by atoms with Crippen molar-refractivity contribution in [1.82, 2.24) is 10.2 Å². The van der Waals surface area contributed by atoms with Crippen LogP contribution in [0.2, 0.25) is 0 Å². The Hall–Kier alpha value is -2.01. The third-order valence-electron chi connectivity index (χ3n) is 2.71. The van der Waals surface area contributed by atoms with Crippen molar-refractivity contribution >= 4 is 43.9 Å². The molecule has 0 amide bonds. The van der Waals surface area contributed by atoms with Crippen LogP contribution < -0.4 is 11.1 Å². The molecule has 4 N–H and O–H groups in total. The summed E-state index contributed by atoms with van der Waals surface area (Å²) in [4.78, 5) is 0. The highest BCUT2D eigenvalue weighted by Gasteiger charge is 2.04. The van der Waals surface area contributed by atoms with Gasteiger partial charge in [0.05, 0.1) is 23.1 Å². The lowest BCUT2D eigenvalue weighted by atomic mass is 10.2. The molecule has 0 bridgehead atoms. The van der Waals surface area contributed by atoms with Crippen LogP contribution in [0.1, 0.15) is 0 Å². The molecule has 2 aromatic carbocycles. The second-order valence-electron chi connectivity index (χ2n) is 4.03. The Bertz CT molecular complexity index is 705. The first-order valence-corrected chi connectivity index (χ1v) is 6.27. The molecule has 0 aliphatic rings. The number of nitrogen functional groups attached to an aromatic ring is 1. The summed E-state index contributed by atoms with van der Waals surface area (Å²) in [5.41, 5.74) is 9.52. The molecule has 4 nitrogen and oxygen atoms in total. The zero-order valence-corrected chi connectivity index (χ0v) is 11.0. The van der Waals surface area contributed by atoms with Crippen LogP contribution in [-0.2, 0) is 0 Å². The molecule has 0 unspecified atom stereocenters. The van der Waals surface area contributed by atoms with Crippen molar-refractivity contribution in [3.05, 3.63) is 47.1 Å². The molecule has 3 rings (SSSR count). The largest absolute Gasteiger partial charge is 0.397 e. The van der Waals surface area contributed by atoms with Gasteiger partial charge in [0.15, 0.2) is 0 Å². The summed E-state index contributed by atoms with van der Waals surface area (Å²) in [5, 5.41) is 11.2. The van der Waals surface area contributed by atoms with Crippen LogP contribution in [-0.4, -0.2) is 10.2 Å². The van der Waals surface area contributed by atoms with Gasteiger partial charge in [-0.2, -0.15) is 5.10 Å². The van der Waals surface area contributed by atoms with E-state index in [0.717, 1.165) is 26.8 Å². The van der Waals surface area contributed by atoms with Crippen LogP contribution >= 0.6 is 15.9 Å². The summed E-state index contributed by atoms with van der Waals surface area (Å²) in [6.07, 6.45) is 1.76. The van der Waals surface area contributed by atoms with Gasteiger partial charge in [0, 0.05) is 15.5 Å². The molecule has 0 fully saturated rings. The molecule has 18 heavy (non-hydrogen) atoms. The third kappa shape index (κ3) is 2.04. The SMILES string of the molecule is Nc1cc2cn[nH]c2cc1Nc1cccc(Br)c1. The number of H-pyrrole nitrogens is 1. The molecule has 0 saturated carbocycles. The lowest BCUT2D eigenvalue weighted by Crippen LogP contribution is -1.96. The minimum atomic E-state index is 0.698. The van der Waals surface area contributed by atoms with Crippen LogP contribution in [0, 0.1) is 0 Å². The van der Waals surface area contributed by atoms with Gasteiger partial charge in [-0.15, -0.1) is 0 Å². The molecule has 3 aromatic rings. The van der Waals surface area contributed by atoms with Gasteiger partial charge in [-0.25, -0.2) is 0 Å². The van der Waals surface area contributed by atoms with E-state index in [0.29, 0.717) is 5.69 Å². The normalized spacial score (nSPS) is 10.7. The third-order valence-corrected chi connectivity index (χ3v) is 3.21. The average molecular weight is 303 g/mol. The van der Waals surface area contributed by atoms with Gasteiger partial charge in [0.2, 0.25) is 0 Å². The lowest BCUT2D eigenvalue weighted by Gasteiger charge is -2.09. The number of halogens is 1. The highest BCUT2D eigenvalue weighted by atomic mass is 79.9. The fourth-order valence-corrected chi connectivity index (χ4v) is 2.24. The fraction of sp³-hybridized carbons (Fsp3) is 0. The molecule has 0 aliphatic heterocycles.